The van der Waals surface area contributed by atoms with Gasteiger partial charge in [-0.3, -0.25) is 5.10 Å². The number of hydrogen-bond donors (Lipinski definition) is 2. The van der Waals surface area contributed by atoms with Crippen LogP contribution in [0.5, 0.6) is 0 Å². The zero-order chi connectivity index (χ0) is 12.3. The van der Waals surface area contributed by atoms with Crippen molar-refractivity contribution < 1.29 is 9.90 Å². The van der Waals surface area contributed by atoms with Crippen LogP contribution in [0.25, 0.3) is 17.3 Å². The van der Waals surface area contributed by atoms with E-state index in [9.17, 15) is 4.79 Å². The molecular formula is C13H12N2O2. The molecule has 0 unspecified atom stereocenters. The van der Waals surface area contributed by atoms with Gasteiger partial charge in [-0.1, -0.05) is 29.8 Å². The molecule has 0 bridgehead atoms. The number of carboxylic acid groups (broad SMARTS) is 1. The van der Waals surface area contributed by atoms with E-state index < -0.39 is 5.97 Å². The average Bonchev–Trinajstić information content (AvgIpc) is 2.75. The number of aromatic nitrogens is 2. The molecule has 0 fully saturated rings. The lowest BCUT2D eigenvalue weighted by molar-refractivity contribution is -0.131. The summed E-state index contributed by atoms with van der Waals surface area (Å²) < 4.78 is 0. The summed E-state index contributed by atoms with van der Waals surface area (Å²) in [6.07, 6.45) is 4.23. The Morgan fingerprint density at radius 3 is 2.71 bits per heavy atom. The summed E-state index contributed by atoms with van der Waals surface area (Å²) in [5.41, 5.74) is 3.74. The van der Waals surface area contributed by atoms with Gasteiger partial charge in [-0.25, -0.2) is 4.79 Å². The van der Waals surface area contributed by atoms with Gasteiger partial charge in [0.1, 0.15) is 0 Å². The van der Waals surface area contributed by atoms with E-state index in [1.54, 1.807) is 6.20 Å². The summed E-state index contributed by atoms with van der Waals surface area (Å²) in [6.45, 7) is 2.02. The molecule has 1 heterocycles. The maximum absolute atomic E-state index is 10.5. The Bertz CT molecular complexity index is 553. The fourth-order valence-electron chi connectivity index (χ4n) is 1.53. The zero-order valence-corrected chi connectivity index (χ0v) is 9.34. The van der Waals surface area contributed by atoms with Crippen LogP contribution in [0.15, 0.2) is 36.5 Å². The number of aliphatic carboxylic acids is 1. The van der Waals surface area contributed by atoms with Gasteiger partial charge in [0.15, 0.2) is 0 Å². The molecule has 0 aliphatic heterocycles. The molecule has 86 valence electrons. The van der Waals surface area contributed by atoms with Gasteiger partial charge in [0.25, 0.3) is 0 Å². The number of aromatic amines is 1. The van der Waals surface area contributed by atoms with Gasteiger partial charge in [-0.05, 0) is 13.0 Å². The first-order valence-corrected chi connectivity index (χ1v) is 5.18. The molecule has 0 aliphatic carbocycles. The maximum atomic E-state index is 10.5. The number of nitrogens with zero attached hydrogens (tertiary/aromatic N) is 1. The Morgan fingerprint density at radius 1 is 1.35 bits per heavy atom. The van der Waals surface area contributed by atoms with E-state index in [2.05, 4.69) is 10.2 Å². The van der Waals surface area contributed by atoms with Gasteiger partial charge in [0.2, 0.25) is 0 Å². The fourth-order valence-corrected chi connectivity index (χ4v) is 1.53. The monoisotopic (exact) mass is 228 g/mol. The predicted molar refractivity (Wildman–Crippen MR) is 65.4 cm³/mol. The molecule has 1 aromatic heterocycles. The number of H-pyrrole nitrogens is 1. The van der Waals surface area contributed by atoms with E-state index in [1.807, 2.05) is 31.2 Å². The van der Waals surface area contributed by atoms with Crippen LogP contribution >= 0.6 is 0 Å². The Hall–Kier alpha value is -2.36. The zero-order valence-electron chi connectivity index (χ0n) is 9.34. The molecule has 17 heavy (non-hydrogen) atoms. The van der Waals surface area contributed by atoms with Gasteiger partial charge in [-0.2, -0.15) is 5.10 Å². The third-order valence-electron chi connectivity index (χ3n) is 2.41. The van der Waals surface area contributed by atoms with Crippen molar-refractivity contribution in [3.63, 3.8) is 0 Å². The first-order chi connectivity index (χ1) is 8.16. The number of hydrogen-bond acceptors (Lipinski definition) is 2. The molecule has 0 spiro atoms. The minimum absolute atomic E-state index is 0.760. The second-order valence-electron chi connectivity index (χ2n) is 3.74. The van der Waals surface area contributed by atoms with Crippen LogP contribution in [0, 0.1) is 6.92 Å². The molecule has 0 radical (unpaired) electrons. The standard InChI is InChI=1S/C13H12N2O2/c1-9-2-4-10(5-3-9)13-11(8-14-15-13)6-7-12(16)17/h2-8H,1H3,(H,14,15)(H,16,17)/b7-6+. The highest BCUT2D eigenvalue weighted by Gasteiger charge is 2.05. The third kappa shape index (κ3) is 2.60. The van der Waals surface area contributed by atoms with Crippen molar-refractivity contribution in [1.29, 1.82) is 0 Å². The fraction of sp³-hybridized carbons (Fsp3) is 0.0769. The summed E-state index contributed by atoms with van der Waals surface area (Å²) in [4.78, 5) is 10.5. The Morgan fingerprint density at radius 2 is 2.06 bits per heavy atom. The van der Waals surface area contributed by atoms with Crippen LogP contribution in [-0.4, -0.2) is 21.3 Å². The molecular weight excluding hydrogens is 216 g/mol. The van der Waals surface area contributed by atoms with Crippen molar-refractivity contribution in [2.24, 2.45) is 0 Å². The number of aryl methyl sites for hydroxylation is 1. The van der Waals surface area contributed by atoms with Crippen LogP contribution in [0.3, 0.4) is 0 Å². The molecule has 0 amide bonds. The van der Waals surface area contributed by atoms with E-state index in [0.29, 0.717) is 0 Å². The molecule has 2 aromatic rings. The minimum atomic E-state index is -0.971. The van der Waals surface area contributed by atoms with E-state index >= 15 is 0 Å². The number of benzene rings is 1. The second kappa shape index (κ2) is 4.65. The van der Waals surface area contributed by atoms with Crippen LogP contribution in [0.4, 0.5) is 0 Å². The first kappa shape index (κ1) is 11.1. The molecule has 0 aliphatic rings. The maximum Gasteiger partial charge on any atom is 0.328 e. The van der Waals surface area contributed by atoms with E-state index in [-0.39, 0.29) is 0 Å². The highest BCUT2D eigenvalue weighted by Crippen LogP contribution is 2.22. The largest absolute Gasteiger partial charge is 0.478 e. The minimum Gasteiger partial charge on any atom is -0.478 e. The highest BCUT2D eigenvalue weighted by molar-refractivity contribution is 5.87. The highest BCUT2D eigenvalue weighted by atomic mass is 16.4. The van der Waals surface area contributed by atoms with E-state index in [4.69, 9.17) is 5.11 Å². The smallest absolute Gasteiger partial charge is 0.328 e. The quantitative estimate of drug-likeness (QED) is 0.793. The molecule has 4 heteroatoms. The van der Waals surface area contributed by atoms with Crippen LogP contribution in [0.1, 0.15) is 11.1 Å². The molecule has 0 atom stereocenters. The van der Waals surface area contributed by atoms with Crippen molar-refractivity contribution in [2.45, 2.75) is 6.92 Å². The predicted octanol–water partition coefficient (Wildman–Crippen LogP) is 2.48. The molecule has 4 nitrogen and oxygen atoms in total. The van der Waals surface area contributed by atoms with Crippen molar-refractivity contribution in [3.05, 3.63) is 47.7 Å². The van der Waals surface area contributed by atoms with E-state index in [1.165, 1.54) is 11.6 Å². The molecule has 0 saturated heterocycles. The topological polar surface area (TPSA) is 66.0 Å². The van der Waals surface area contributed by atoms with Crippen molar-refractivity contribution in [1.82, 2.24) is 10.2 Å². The van der Waals surface area contributed by atoms with Gasteiger partial charge in [0, 0.05) is 17.2 Å². The summed E-state index contributed by atoms with van der Waals surface area (Å²) in [5.74, 6) is -0.971. The molecule has 0 saturated carbocycles. The second-order valence-corrected chi connectivity index (χ2v) is 3.74. The summed E-state index contributed by atoms with van der Waals surface area (Å²) in [5, 5.41) is 15.4. The normalized spacial score (nSPS) is 10.9. The van der Waals surface area contributed by atoms with Crippen LogP contribution < -0.4 is 0 Å². The number of carbonyl (C=O) groups is 1. The summed E-state index contributed by atoms with van der Waals surface area (Å²) in [7, 11) is 0. The molecule has 2 N–H and O–H groups in total. The average molecular weight is 228 g/mol. The lowest BCUT2D eigenvalue weighted by Crippen LogP contribution is -1.86. The number of carboxylic acids is 1. The Kier molecular flexibility index (Phi) is 3.05. The van der Waals surface area contributed by atoms with Gasteiger partial charge in [-0.15, -0.1) is 0 Å². The lowest BCUT2D eigenvalue weighted by atomic mass is 10.1. The Labute approximate surface area is 98.6 Å². The third-order valence-corrected chi connectivity index (χ3v) is 2.41. The summed E-state index contributed by atoms with van der Waals surface area (Å²) in [6, 6.07) is 7.95. The van der Waals surface area contributed by atoms with E-state index in [0.717, 1.165) is 22.9 Å². The first-order valence-electron chi connectivity index (χ1n) is 5.18. The SMILES string of the molecule is Cc1ccc(-c2[nH]ncc2/C=C/C(=O)O)cc1. The summed E-state index contributed by atoms with van der Waals surface area (Å²) >= 11 is 0. The van der Waals surface area contributed by atoms with Gasteiger partial charge >= 0.3 is 5.97 Å². The number of rotatable bonds is 3. The van der Waals surface area contributed by atoms with Crippen molar-refractivity contribution >= 4 is 12.0 Å². The Balaban J connectivity index is 2.36. The van der Waals surface area contributed by atoms with Gasteiger partial charge < -0.3 is 5.11 Å². The lowest BCUT2D eigenvalue weighted by Gasteiger charge is -2.00. The van der Waals surface area contributed by atoms with Crippen molar-refractivity contribution in [3.8, 4) is 11.3 Å². The van der Waals surface area contributed by atoms with Crippen LogP contribution in [0.2, 0.25) is 0 Å². The van der Waals surface area contributed by atoms with Crippen molar-refractivity contribution in [2.75, 3.05) is 0 Å². The molecule has 2 rings (SSSR count). The molecule has 1 aromatic carbocycles. The van der Waals surface area contributed by atoms with Crippen LogP contribution in [-0.2, 0) is 4.79 Å². The van der Waals surface area contributed by atoms with Gasteiger partial charge in [0.05, 0.1) is 11.9 Å². The number of nitrogens with one attached hydrogen (secondary N) is 1.